The molecule has 0 fully saturated rings. The number of nitrogens with zero attached hydrogens (tertiary/aromatic N) is 3. The summed E-state index contributed by atoms with van der Waals surface area (Å²) in [5.74, 6) is 2.21. The molecule has 3 aromatic rings. The molecule has 0 bridgehead atoms. The lowest BCUT2D eigenvalue weighted by atomic mass is 10.0. The summed E-state index contributed by atoms with van der Waals surface area (Å²) >= 11 is 0. The molecule has 2 aromatic heterocycles. The Balaban J connectivity index is 1.27. The smallest absolute Gasteiger partial charge is 0.235 e. The fourth-order valence-electron chi connectivity index (χ4n) is 3.43. The van der Waals surface area contributed by atoms with Crippen LogP contribution < -0.4 is 10.6 Å². The van der Waals surface area contributed by atoms with E-state index in [-0.39, 0.29) is 0 Å². The Labute approximate surface area is 185 Å². The van der Waals surface area contributed by atoms with Crippen molar-refractivity contribution in [2.24, 2.45) is 0 Å². The second-order valence-corrected chi connectivity index (χ2v) is 7.26. The molecule has 5 rings (SSSR count). The van der Waals surface area contributed by atoms with E-state index in [0.29, 0.717) is 30.0 Å². The van der Waals surface area contributed by atoms with E-state index < -0.39 is 0 Å². The molecule has 1 aromatic carbocycles. The molecule has 0 saturated heterocycles. The number of aromatic nitrogens is 4. The summed E-state index contributed by atoms with van der Waals surface area (Å²) in [6, 6.07) is 11.9. The SMILES string of the molecule is C1=CCCC(C2=COC=C(Nc3nnc(-c4ccccc4NCc4ccncc4)[nH]3)O2)=C1. The number of hydrogen-bond donors (Lipinski definition) is 3. The van der Waals surface area contributed by atoms with Gasteiger partial charge < -0.3 is 19.8 Å². The van der Waals surface area contributed by atoms with Crippen molar-refractivity contribution in [1.82, 2.24) is 20.2 Å². The Morgan fingerprint density at radius 1 is 1.03 bits per heavy atom. The van der Waals surface area contributed by atoms with Gasteiger partial charge in [0.25, 0.3) is 0 Å². The first-order valence-corrected chi connectivity index (χ1v) is 10.4. The number of H-pyrrole nitrogens is 1. The number of hydrogen-bond acceptors (Lipinski definition) is 7. The number of rotatable bonds is 7. The molecule has 3 heterocycles. The van der Waals surface area contributed by atoms with E-state index >= 15 is 0 Å². The van der Waals surface area contributed by atoms with Gasteiger partial charge in [-0.3, -0.25) is 10.3 Å². The monoisotopic (exact) mass is 426 g/mol. The maximum atomic E-state index is 5.93. The van der Waals surface area contributed by atoms with Crippen LogP contribution in [0.3, 0.4) is 0 Å². The third kappa shape index (κ3) is 4.54. The molecular formula is C24H22N6O2. The summed E-state index contributed by atoms with van der Waals surface area (Å²) in [5, 5.41) is 15.0. The zero-order chi connectivity index (χ0) is 21.6. The zero-order valence-electron chi connectivity index (χ0n) is 17.3. The lowest BCUT2D eigenvalue weighted by Gasteiger charge is -2.19. The largest absolute Gasteiger partial charge is 0.463 e. The molecule has 160 valence electrons. The number of ether oxygens (including phenoxy) is 2. The Hall–Kier alpha value is -4.33. The van der Waals surface area contributed by atoms with Gasteiger partial charge in [-0.05, 0) is 48.2 Å². The summed E-state index contributed by atoms with van der Waals surface area (Å²) in [6.07, 6.45) is 14.7. The van der Waals surface area contributed by atoms with Gasteiger partial charge >= 0.3 is 0 Å². The van der Waals surface area contributed by atoms with E-state index in [4.69, 9.17) is 9.47 Å². The molecule has 8 nitrogen and oxygen atoms in total. The second kappa shape index (κ2) is 9.22. The molecule has 0 amide bonds. The van der Waals surface area contributed by atoms with Crippen molar-refractivity contribution in [3.05, 3.63) is 102 Å². The van der Waals surface area contributed by atoms with Gasteiger partial charge in [0, 0.05) is 30.2 Å². The molecule has 0 saturated carbocycles. The molecule has 0 unspecified atom stereocenters. The van der Waals surface area contributed by atoms with E-state index in [2.05, 4.69) is 36.9 Å². The molecule has 0 atom stereocenters. The van der Waals surface area contributed by atoms with Crippen LogP contribution in [0.15, 0.2) is 96.8 Å². The van der Waals surface area contributed by atoms with Gasteiger partial charge in [0.2, 0.25) is 11.8 Å². The quantitative estimate of drug-likeness (QED) is 0.497. The molecule has 32 heavy (non-hydrogen) atoms. The predicted molar refractivity (Wildman–Crippen MR) is 122 cm³/mol. The number of para-hydroxylation sites is 1. The van der Waals surface area contributed by atoms with Crippen LogP contribution in [0.25, 0.3) is 11.4 Å². The predicted octanol–water partition coefficient (Wildman–Crippen LogP) is 4.85. The summed E-state index contributed by atoms with van der Waals surface area (Å²) in [4.78, 5) is 7.26. The zero-order valence-corrected chi connectivity index (χ0v) is 17.3. The first-order valence-electron chi connectivity index (χ1n) is 10.4. The minimum absolute atomic E-state index is 0.435. The first kappa shape index (κ1) is 19.6. The normalized spacial score (nSPS) is 15.1. The average molecular weight is 426 g/mol. The van der Waals surface area contributed by atoms with Gasteiger partial charge in [0.05, 0.1) is 0 Å². The molecule has 3 N–H and O–H groups in total. The van der Waals surface area contributed by atoms with Crippen LogP contribution in [-0.2, 0) is 16.0 Å². The van der Waals surface area contributed by atoms with Gasteiger partial charge in [0.1, 0.15) is 6.26 Å². The van der Waals surface area contributed by atoms with Crippen molar-refractivity contribution in [3.8, 4) is 11.4 Å². The van der Waals surface area contributed by atoms with Crippen LogP contribution in [0, 0.1) is 0 Å². The van der Waals surface area contributed by atoms with E-state index in [1.807, 2.05) is 48.6 Å². The summed E-state index contributed by atoms with van der Waals surface area (Å²) in [6.45, 7) is 0.678. The number of allylic oxidation sites excluding steroid dienone is 4. The highest BCUT2D eigenvalue weighted by molar-refractivity contribution is 5.73. The van der Waals surface area contributed by atoms with Gasteiger partial charge in [-0.15, -0.1) is 10.2 Å². The second-order valence-electron chi connectivity index (χ2n) is 7.26. The molecule has 1 aliphatic carbocycles. The van der Waals surface area contributed by atoms with Crippen LogP contribution >= 0.6 is 0 Å². The number of pyridine rings is 1. The number of nitrogens with one attached hydrogen (secondary N) is 3. The van der Waals surface area contributed by atoms with Crippen molar-refractivity contribution in [3.63, 3.8) is 0 Å². The third-order valence-electron chi connectivity index (χ3n) is 5.04. The lowest BCUT2D eigenvalue weighted by molar-refractivity contribution is 0.233. The molecule has 0 spiro atoms. The number of anilines is 2. The maximum absolute atomic E-state index is 5.93. The van der Waals surface area contributed by atoms with E-state index in [0.717, 1.165) is 35.2 Å². The molecular weight excluding hydrogens is 404 g/mol. The lowest BCUT2D eigenvalue weighted by Crippen LogP contribution is -2.11. The fourth-order valence-corrected chi connectivity index (χ4v) is 3.43. The molecule has 8 heteroatoms. The average Bonchev–Trinajstić information content (AvgIpc) is 3.32. The van der Waals surface area contributed by atoms with E-state index in [1.165, 1.54) is 6.26 Å². The Morgan fingerprint density at radius 3 is 2.81 bits per heavy atom. The van der Waals surface area contributed by atoms with Gasteiger partial charge in [-0.1, -0.05) is 30.4 Å². The summed E-state index contributed by atoms with van der Waals surface area (Å²) in [7, 11) is 0. The highest BCUT2D eigenvalue weighted by Gasteiger charge is 2.17. The van der Waals surface area contributed by atoms with Crippen molar-refractivity contribution < 1.29 is 9.47 Å². The molecule has 0 radical (unpaired) electrons. The van der Waals surface area contributed by atoms with Crippen LogP contribution in [-0.4, -0.2) is 20.2 Å². The van der Waals surface area contributed by atoms with Crippen molar-refractivity contribution >= 4 is 11.6 Å². The van der Waals surface area contributed by atoms with Crippen molar-refractivity contribution in [2.75, 3.05) is 10.6 Å². The fraction of sp³-hybridized carbons (Fsp3) is 0.125. The standard InChI is InChI=1S/C24H22N6O2/c1-2-6-18(7-3-1)21-15-31-16-22(32-21)27-24-28-23(29-30-24)19-8-4-5-9-20(19)26-14-17-10-12-25-13-11-17/h1-2,4-6,8-13,15-16,26H,3,7,14H2,(H2,27,28,29,30). The molecule has 2 aliphatic rings. The maximum Gasteiger partial charge on any atom is 0.235 e. The molecule has 1 aliphatic heterocycles. The minimum Gasteiger partial charge on any atom is -0.463 e. The summed E-state index contributed by atoms with van der Waals surface area (Å²) < 4.78 is 11.4. The van der Waals surface area contributed by atoms with Gasteiger partial charge in [-0.25, -0.2) is 0 Å². The Kier molecular flexibility index (Phi) is 5.65. The highest BCUT2D eigenvalue weighted by Crippen LogP contribution is 2.28. The minimum atomic E-state index is 0.435. The van der Waals surface area contributed by atoms with Gasteiger partial charge in [-0.2, -0.15) is 0 Å². The van der Waals surface area contributed by atoms with Crippen LogP contribution in [0.2, 0.25) is 0 Å². The highest BCUT2D eigenvalue weighted by atomic mass is 16.6. The summed E-state index contributed by atoms with van der Waals surface area (Å²) in [5.41, 5.74) is 4.10. The van der Waals surface area contributed by atoms with Gasteiger partial charge in [0.15, 0.2) is 17.8 Å². The van der Waals surface area contributed by atoms with E-state index in [1.54, 1.807) is 18.7 Å². The Bertz CT molecular complexity index is 1210. The Morgan fingerprint density at radius 2 is 1.94 bits per heavy atom. The van der Waals surface area contributed by atoms with Crippen LogP contribution in [0.1, 0.15) is 18.4 Å². The topological polar surface area (TPSA) is 97.0 Å². The third-order valence-corrected chi connectivity index (χ3v) is 5.04. The number of aromatic amines is 1. The number of benzene rings is 1. The van der Waals surface area contributed by atoms with E-state index in [9.17, 15) is 0 Å². The van der Waals surface area contributed by atoms with Crippen LogP contribution in [0.4, 0.5) is 11.6 Å². The van der Waals surface area contributed by atoms with Crippen molar-refractivity contribution in [2.45, 2.75) is 19.4 Å². The van der Waals surface area contributed by atoms with Crippen molar-refractivity contribution in [1.29, 1.82) is 0 Å². The first-order chi connectivity index (χ1) is 15.8. The van der Waals surface area contributed by atoms with Crippen LogP contribution in [0.5, 0.6) is 0 Å².